The lowest BCUT2D eigenvalue weighted by Crippen LogP contribution is -2.30. The molecule has 0 unspecified atom stereocenters. The summed E-state index contributed by atoms with van der Waals surface area (Å²) in [4.78, 5) is 10.9. The van der Waals surface area contributed by atoms with Crippen LogP contribution in [0.3, 0.4) is 0 Å². The van der Waals surface area contributed by atoms with Crippen LogP contribution < -0.4 is 10.6 Å². The predicted octanol–water partition coefficient (Wildman–Crippen LogP) is 1.72. The van der Waals surface area contributed by atoms with E-state index in [1.807, 2.05) is 25.7 Å². The lowest BCUT2D eigenvalue weighted by Gasteiger charge is -2.25. The molecule has 1 heterocycles. The highest BCUT2D eigenvalue weighted by Crippen LogP contribution is 2.23. The monoisotopic (exact) mass is 277 g/mol. The van der Waals surface area contributed by atoms with Crippen LogP contribution in [0.15, 0.2) is 6.07 Å². The number of nitrogen functional groups attached to an aromatic ring is 1. The maximum Gasteiger partial charge on any atom is 0.138 e. The van der Waals surface area contributed by atoms with Crippen LogP contribution in [-0.4, -0.2) is 36.8 Å². The number of rotatable bonds is 6. The van der Waals surface area contributed by atoms with Gasteiger partial charge in [-0.25, -0.2) is 9.97 Å². The molecule has 0 radical (unpaired) electrons. The first-order valence-corrected chi connectivity index (χ1v) is 6.64. The van der Waals surface area contributed by atoms with E-state index >= 15 is 0 Å². The van der Waals surface area contributed by atoms with Gasteiger partial charge in [-0.3, -0.25) is 0 Å². The molecule has 6 nitrogen and oxygen atoms in total. The van der Waals surface area contributed by atoms with Crippen LogP contribution in [0, 0.1) is 11.3 Å². The molecule has 110 valence electrons. The van der Waals surface area contributed by atoms with Crippen LogP contribution in [-0.2, 0) is 10.2 Å². The van der Waals surface area contributed by atoms with Gasteiger partial charge in [0.1, 0.15) is 17.5 Å². The van der Waals surface area contributed by atoms with E-state index in [4.69, 9.17) is 15.7 Å². The zero-order chi connectivity index (χ0) is 15.2. The number of aromatic nitrogens is 2. The van der Waals surface area contributed by atoms with Gasteiger partial charge in [0.15, 0.2) is 0 Å². The van der Waals surface area contributed by atoms with Gasteiger partial charge < -0.3 is 15.4 Å². The first-order valence-electron chi connectivity index (χ1n) is 6.64. The Morgan fingerprint density at radius 2 is 2.05 bits per heavy atom. The topological polar surface area (TPSA) is 88.1 Å². The normalized spacial score (nSPS) is 11.2. The summed E-state index contributed by atoms with van der Waals surface area (Å²) in [5.41, 5.74) is 5.70. The molecule has 0 aliphatic carbocycles. The molecular weight excluding hydrogens is 254 g/mol. The third-order valence-corrected chi connectivity index (χ3v) is 2.79. The number of hydrogen-bond donors (Lipinski definition) is 1. The van der Waals surface area contributed by atoms with E-state index in [1.54, 1.807) is 13.2 Å². The van der Waals surface area contributed by atoms with E-state index < -0.39 is 0 Å². The average Bonchev–Trinajstić information content (AvgIpc) is 2.37. The summed E-state index contributed by atoms with van der Waals surface area (Å²) in [6.45, 7) is 7.96. The van der Waals surface area contributed by atoms with Crippen LogP contribution in [0.1, 0.15) is 33.0 Å². The lowest BCUT2D eigenvalue weighted by molar-refractivity contribution is 0.205. The van der Waals surface area contributed by atoms with Gasteiger partial charge in [0.2, 0.25) is 0 Å². The standard InChI is InChI=1S/C14H23N5O/c1-14(2,3)13-17-11(16)10-12(18-13)19(7-5-6-15)8-9-20-4/h10H,5,7-9H2,1-4H3,(H2,16,17,18). The van der Waals surface area contributed by atoms with Gasteiger partial charge in [-0.1, -0.05) is 20.8 Å². The van der Waals surface area contributed by atoms with Crippen molar-refractivity contribution in [2.24, 2.45) is 0 Å². The second-order valence-corrected chi connectivity index (χ2v) is 5.61. The Hall–Kier alpha value is -1.87. The molecule has 1 aromatic rings. The number of methoxy groups -OCH3 is 1. The van der Waals surface area contributed by atoms with Gasteiger partial charge in [0.05, 0.1) is 19.1 Å². The predicted molar refractivity (Wildman–Crippen MR) is 79.5 cm³/mol. The molecule has 0 amide bonds. The highest BCUT2D eigenvalue weighted by molar-refractivity contribution is 5.47. The van der Waals surface area contributed by atoms with E-state index in [9.17, 15) is 0 Å². The van der Waals surface area contributed by atoms with E-state index in [2.05, 4.69) is 16.0 Å². The molecule has 1 aromatic heterocycles. The van der Waals surface area contributed by atoms with Crippen molar-refractivity contribution in [1.29, 1.82) is 5.26 Å². The summed E-state index contributed by atoms with van der Waals surface area (Å²) in [6, 6.07) is 3.89. The fourth-order valence-corrected chi connectivity index (χ4v) is 1.68. The summed E-state index contributed by atoms with van der Waals surface area (Å²) in [5, 5.41) is 8.76. The fourth-order valence-electron chi connectivity index (χ4n) is 1.68. The first kappa shape index (κ1) is 16.2. The van der Waals surface area contributed by atoms with E-state index in [-0.39, 0.29) is 5.41 Å². The Balaban J connectivity index is 3.05. The van der Waals surface area contributed by atoms with Crippen LogP contribution in [0.25, 0.3) is 0 Å². The van der Waals surface area contributed by atoms with Crippen molar-refractivity contribution in [2.75, 3.05) is 37.4 Å². The summed E-state index contributed by atoms with van der Waals surface area (Å²) in [7, 11) is 1.65. The number of anilines is 2. The van der Waals surface area contributed by atoms with Gasteiger partial charge in [0.25, 0.3) is 0 Å². The summed E-state index contributed by atoms with van der Waals surface area (Å²) in [6.07, 6.45) is 0.429. The number of nitriles is 1. The average molecular weight is 277 g/mol. The second-order valence-electron chi connectivity index (χ2n) is 5.61. The second kappa shape index (κ2) is 7.06. The summed E-state index contributed by atoms with van der Waals surface area (Å²) >= 11 is 0. The molecule has 0 saturated carbocycles. The molecular formula is C14H23N5O. The molecule has 2 N–H and O–H groups in total. The van der Waals surface area contributed by atoms with Gasteiger partial charge >= 0.3 is 0 Å². The van der Waals surface area contributed by atoms with Crippen LogP contribution in [0.2, 0.25) is 0 Å². The summed E-state index contributed by atoms with van der Waals surface area (Å²) < 4.78 is 5.10. The molecule has 0 fully saturated rings. The molecule has 1 rings (SSSR count). The molecule has 0 spiro atoms. The third-order valence-electron chi connectivity index (χ3n) is 2.79. The highest BCUT2D eigenvalue weighted by Gasteiger charge is 2.20. The van der Waals surface area contributed by atoms with Gasteiger partial charge in [-0.2, -0.15) is 5.26 Å². The summed E-state index contributed by atoms with van der Waals surface area (Å²) in [5.74, 6) is 1.89. The zero-order valence-electron chi connectivity index (χ0n) is 12.7. The van der Waals surface area contributed by atoms with Gasteiger partial charge in [-0.15, -0.1) is 0 Å². The Kier molecular flexibility index (Phi) is 5.71. The number of nitrogens with two attached hydrogens (primary N) is 1. The molecule has 0 aliphatic rings. The molecule has 6 heteroatoms. The molecule has 0 saturated heterocycles. The van der Waals surface area contributed by atoms with E-state index in [0.717, 1.165) is 5.82 Å². The van der Waals surface area contributed by atoms with Crippen molar-refractivity contribution in [3.63, 3.8) is 0 Å². The molecule has 0 bridgehead atoms. The Bertz CT molecular complexity index is 475. The number of hydrogen-bond acceptors (Lipinski definition) is 6. The smallest absolute Gasteiger partial charge is 0.138 e. The van der Waals surface area contributed by atoms with Crippen molar-refractivity contribution >= 4 is 11.6 Å². The minimum Gasteiger partial charge on any atom is -0.384 e. The van der Waals surface area contributed by atoms with Gasteiger partial charge in [-0.05, 0) is 0 Å². The number of ether oxygens (including phenoxy) is 1. The van der Waals surface area contributed by atoms with E-state index in [1.165, 1.54) is 0 Å². The number of nitrogens with zero attached hydrogens (tertiary/aromatic N) is 4. The minimum absolute atomic E-state index is 0.174. The van der Waals surface area contributed by atoms with Crippen LogP contribution in [0.5, 0.6) is 0 Å². The zero-order valence-corrected chi connectivity index (χ0v) is 12.7. The minimum atomic E-state index is -0.174. The van der Waals surface area contributed by atoms with Crippen LogP contribution in [0.4, 0.5) is 11.6 Å². The highest BCUT2D eigenvalue weighted by atomic mass is 16.5. The Morgan fingerprint density at radius 3 is 2.60 bits per heavy atom. The Morgan fingerprint density at radius 1 is 1.35 bits per heavy atom. The molecule has 0 aromatic carbocycles. The maximum absolute atomic E-state index is 8.76. The van der Waals surface area contributed by atoms with Crippen molar-refractivity contribution in [2.45, 2.75) is 32.6 Å². The maximum atomic E-state index is 8.76. The van der Waals surface area contributed by atoms with Crippen molar-refractivity contribution in [3.8, 4) is 6.07 Å². The molecule has 0 aliphatic heterocycles. The molecule has 20 heavy (non-hydrogen) atoms. The van der Waals surface area contributed by atoms with Crippen molar-refractivity contribution in [3.05, 3.63) is 11.9 Å². The fraction of sp³-hybridized carbons (Fsp3) is 0.643. The Labute approximate surface area is 120 Å². The van der Waals surface area contributed by atoms with Crippen molar-refractivity contribution < 1.29 is 4.74 Å². The van der Waals surface area contributed by atoms with Crippen molar-refractivity contribution in [1.82, 2.24) is 9.97 Å². The largest absolute Gasteiger partial charge is 0.384 e. The quantitative estimate of drug-likeness (QED) is 0.851. The molecule has 0 atom stereocenters. The SMILES string of the molecule is COCCN(CCC#N)c1cc(N)nc(C(C)(C)C)n1. The first-order chi connectivity index (χ1) is 9.38. The van der Waals surface area contributed by atoms with Crippen LogP contribution >= 0.6 is 0 Å². The lowest BCUT2D eigenvalue weighted by atomic mass is 9.96. The third kappa shape index (κ3) is 4.67. The van der Waals surface area contributed by atoms with E-state index in [0.29, 0.717) is 37.8 Å². The van der Waals surface area contributed by atoms with Gasteiger partial charge in [0, 0.05) is 31.7 Å².